The Labute approximate surface area is 116 Å². The number of hydrogen-bond acceptors (Lipinski definition) is 3. The van der Waals surface area contributed by atoms with E-state index in [1.54, 1.807) is 11.6 Å². The highest BCUT2D eigenvalue weighted by atomic mass is 16.5. The number of aromatic carboxylic acids is 1. The Hall–Kier alpha value is -2.30. The first-order chi connectivity index (χ1) is 9.66. The molecule has 0 fully saturated rings. The van der Waals surface area contributed by atoms with Gasteiger partial charge in [0.1, 0.15) is 11.3 Å². The monoisotopic (exact) mass is 272 g/mol. The molecule has 20 heavy (non-hydrogen) atoms. The molecule has 0 radical (unpaired) electrons. The Morgan fingerprint density at radius 3 is 3.05 bits per heavy atom. The van der Waals surface area contributed by atoms with Crippen molar-refractivity contribution in [3.8, 4) is 5.75 Å². The van der Waals surface area contributed by atoms with Crippen LogP contribution in [0.1, 0.15) is 34.0 Å². The fourth-order valence-corrected chi connectivity index (χ4v) is 2.65. The lowest BCUT2D eigenvalue weighted by atomic mass is 9.93. The molecule has 104 valence electrons. The van der Waals surface area contributed by atoms with E-state index in [1.165, 1.54) is 11.8 Å². The van der Waals surface area contributed by atoms with E-state index in [-0.39, 0.29) is 5.56 Å². The Morgan fingerprint density at radius 2 is 2.30 bits per heavy atom. The van der Waals surface area contributed by atoms with Crippen LogP contribution >= 0.6 is 0 Å². The van der Waals surface area contributed by atoms with Crippen LogP contribution < -0.4 is 4.74 Å². The summed E-state index contributed by atoms with van der Waals surface area (Å²) in [6.07, 6.45) is 2.33. The van der Waals surface area contributed by atoms with E-state index in [1.807, 2.05) is 18.2 Å². The number of carboxylic acids is 1. The van der Waals surface area contributed by atoms with Crippen molar-refractivity contribution in [2.45, 2.75) is 25.8 Å². The zero-order valence-electron chi connectivity index (χ0n) is 11.2. The molecule has 3 rings (SSSR count). The molecule has 0 amide bonds. The van der Waals surface area contributed by atoms with Gasteiger partial charge in [-0.2, -0.15) is 5.10 Å². The van der Waals surface area contributed by atoms with Crippen LogP contribution in [0.25, 0.3) is 0 Å². The Kier molecular flexibility index (Phi) is 3.18. The van der Waals surface area contributed by atoms with Gasteiger partial charge < -0.3 is 9.84 Å². The van der Waals surface area contributed by atoms with Crippen molar-refractivity contribution in [2.75, 3.05) is 6.61 Å². The summed E-state index contributed by atoms with van der Waals surface area (Å²) in [6.45, 7) is 3.16. The molecule has 0 spiro atoms. The number of nitrogens with zero attached hydrogens (tertiary/aromatic N) is 2. The van der Waals surface area contributed by atoms with Crippen LogP contribution in [-0.2, 0) is 6.54 Å². The molecule has 1 aromatic heterocycles. The maximum Gasteiger partial charge on any atom is 0.339 e. The molecule has 2 heterocycles. The third-order valence-electron chi connectivity index (χ3n) is 3.81. The lowest BCUT2D eigenvalue weighted by molar-refractivity contribution is 0.0696. The minimum Gasteiger partial charge on any atom is -0.493 e. The Morgan fingerprint density at radius 1 is 1.50 bits per heavy atom. The molecule has 1 aromatic carbocycles. The van der Waals surface area contributed by atoms with E-state index < -0.39 is 5.97 Å². The SMILES string of the molecule is Cc1c(C(=O)O)cnn1CC1CCOc2ccccc21. The smallest absolute Gasteiger partial charge is 0.339 e. The van der Waals surface area contributed by atoms with Crippen molar-refractivity contribution in [3.63, 3.8) is 0 Å². The molecule has 2 aromatic rings. The molecule has 0 bridgehead atoms. The molecule has 1 aliphatic heterocycles. The van der Waals surface area contributed by atoms with E-state index in [9.17, 15) is 4.79 Å². The van der Waals surface area contributed by atoms with Gasteiger partial charge in [-0.05, 0) is 25.0 Å². The van der Waals surface area contributed by atoms with E-state index in [4.69, 9.17) is 9.84 Å². The minimum absolute atomic E-state index is 0.269. The zero-order valence-corrected chi connectivity index (χ0v) is 11.2. The Bertz CT molecular complexity index is 648. The number of fused-ring (bicyclic) bond motifs is 1. The van der Waals surface area contributed by atoms with E-state index in [0.717, 1.165) is 12.2 Å². The fraction of sp³-hybridized carbons (Fsp3) is 0.333. The molecule has 1 unspecified atom stereocenters. The van der Waals surface area contributed by atoms with Crippen molar-refractivity contribution in [1.82, 2.24) is 9.78 Å². The summed E-state index contributed by atoms with van der Waals surface area (Å²) in [7, 11) is 0. The minimum atomic E-state index is -0.930. The van der Waals surface area contributed by atoms with E-state index in [2.05, 4.69) is 11.2 Å². The summed E-state index contributed by atoms with van der Waals surface area (Å²) in [6, 6.07) is 8.00. The molecule has 5 heteroatoms. The van der Waals surface area contributed by atoms with Crippen molar-refractivity contribution >= 4 is 5.97 Å². The van der Waals surface area contributed by atoms with Crippen LogP contribution in [0.2, 0.25) is 0 Å². The van der Waals surface area contributed by atoms with Crippen LogP contribution in [0.4, 0.5) is 0 Å². The molecular weight excluding hydrogens is 256 g/mol. The second-order valence-corrected chi connectivity index (χ2v) is 5.00. The largest absolute Gasteiger partial charge is 0.493 e. The highest BCUT2D eigenvalue weighted by Crippen LogP contribution is 2.34. The number of carboxylic acid groups (broad SMARTS) is 1. The number of rotatable bonds is 3. The second kappa shape index (κ2) is 5.00. The third kappa shape index (κ3) is 2.15. The van der Waals surface area contributed by atoms with Gasteiger partial charge in [0.2, 0.25) is 0 Å². The van der Waals surface area contributed by atoms with Gasteiger partial charge in [-0.3, -0.25) is 4.68 Å². The molecule has 1 atom stereocenters. The van der Waals surface area contributed by atoms with Gasteiger partial charge in [0.05, 0.1) is 12.8 Å². The summed E-state index contributed by atoms with van der Waals surface area (Å²) in [4.78, 5) is 11.1. The summed E-state index contributed by atoms with van der Waals surface area (Å²) in [5.74, 6) is 0.299. The van der Waals surface area contributed by atoms with Gasteiger partial charge in [-0.25, -0.2) is 4.79 Å². The van der Waals surface area contributed by atoms with Crippen LogP contribution in [0.5, 0.6) is 5.75 Å². The first-order valence-electron chi connectivity index (χ1n) is 6.64. The summed E-state index contributed by atoms with van der Waals surface area (Å²) < 4.78 is 7.42. The normalized spacial score (nSPS) is 17.4. The quantitative estimate of drug-likeness (QED) is 0.932. The standard InChI is InChI=1S/C15H16N2O3/c1-10-13(15(18)19)8-16-17(10)9-11-6-7-20-14-5-3-2-4-12(11)14/h2-5,8,11H,6-7,9H2,1H3,(H,18,19). The fourth-order valence-electron chi connectivity index (χ4n) is 2.65. The van der Waals surface area contributed by atoms with Gasteiger partial charge in [0, 0.05) is 18.2 Å². The zero-order chi connectivity index (χ0) is 14.1. The predicted octanol–water partition coefficient (Wildman–Crippen LogP) is 2.46. The van der Waals surface area contributed by atoms with Crippen molar-refractivity contribution < 1.29 is 14.6 Å². The number of aromatic nitrogens is 2. The van der Waals surface area contributed by atoms with Crippen molar-refractivity contribution in [1.29, 1.82) is 0 Å². The van der Waals surface area contributed by atoms with Gasteiger partial charge in [-0.15, -0.1) is 0 Å². The van der Waals surface area contributed by atoms with Gasteiger partial charge >= 0.3 is 5.97 Å². The molecular formula is C15H16N2O3. The van der Waals surface area contributed by atoms with Gasteiger partial charge in [-0.1, -0.05) is 18.2 Å². The van der Waals surface area contributed by atoms with Crippen LogP contribution in [0, 0.1) is 6.92 Å². The molecule has 1 aliphatic rings. The first-order valence-corrected chi connectivity index (χ1v) is 6.64. The molecule has 1 N–H and O–H groups in total. The van der Waals surface area contributed by atoms with Crippen LogP contribution in [0.15, 0.2) is 30.5 Å². The molecule has 5 nitrogen and oxygen atoms in total. The van der Waals surface area contributed by atoms with Gasteiger partial charge in [0.25, 0.3) is 0 Å². The number of carbonyl (C=O) groups is 1. The summed E-state index contributed by atoms with van der Waals surface area (Å²) in [5.41, 5.74) is 2.14. The predicted molar refractivity (Wildman–Crippen MR) is 73.2 cm³/mol. The average Bonchev–Trinajstić information content (AvgIpc) is 2.81. The lowest BCUT2D eigenvalue weighted by Crippen LogP contribution is -2.19. The maximum absolute atomic E-state index is 11.1. The van der Waals surface area contributed by atoms with E-state index >= 15 is 0 Å². The third-order valence-corrected chi connectivity index (χ3v) is 3.81. The van der Waals surface area contributed by atoms with Crippen LogP contribution in [-0.4, -0.2) is 27.5 Å². The first kappa shape index (κ1) is 12.7. The number of para-hydroxylation sites is 1. The number of ether oxygens (including phenoxy) is 1. The van der Waals surface area contributed by atoms with Gasteiger partial charge in [0.15, 0.2) is 0 Å². The maximum atomic E-state index is 11.1. The highest BCUT2D eigenvalue weighted by Gasteiger charge is 2.23. The van der Waals surface area contributed by atoms with Crippen molar-refractivity contribution in [2.24, 2.45) is 0 Å². The molecule has 0 aliphatic carbocycles. The van der Waals surface area contributed by atoms with Crippen molar-refractivity contribution in [3.05, 3.63) is 47.3 Å². The van der Waals surface area contributed by atoms with E-state index in [0.29, 0.717) is 24.8 Å². The topological polar surface area (TPSA) is 64.3 Å². The lowest BCUT2D eigenvalue weighted by Gasteiger charge is -2.26. The number of benzene rings is 1. The highest BCUT2D eigenvalue weighted by molar-refractivity contribution is 5.88. The van der Waals surface area contributed by atoms with Crippen LogP contribution in [0.3, 0.4) is 0 Å². The summed E-state index contributed by atoms with van der Waals surface area (Å²) in [5, 5.41) is 13.3. The Balaban J connectivity index is 1.88. The second-order valence-electron chi connectivity index (χ2n) is 5.00. The molecule has 0 saturated heterocycles. The summed E-state index contributed by atoms with van der Waals surface area (Å²) >= 11 is 0. The molecule has 0 saturated carbocycles. The average molecular weight is 272 g/mol. The number of hydrogen-bond donors (Lipinski definition) is 1.